The minimum absolute atomic E-state index is 0.0519. The van der Waals surface area contributed by atoms with Gasteiger partial charge in [0.2, 0.25) is 0 Å². The first-order valence-corrected chi connectivity index (χ1v) is 8.37. The number of aromatic carboxylic acids is 1. The number of anilines is 1. The van der Waals surface area contributed by atoms with Crippen LogP contribution in [0.3, 0.4) is 0 Å². The topological polar surface area (TPSA) is 92.7 Å². The van der Waals surface area contributed by atoms with Gasteiger partial charge in [0.05, 0.1) is 33.3 Å². The second-order valence-corrected chi connectivity index (χ2v) is 6.90. The Bertz CT molecular complexity index is 867. The van der Waals surface area contributed by atoms with Crippen LogP contribution in [-0.4, -0.2) is 26.6 Å². The van der Waals surface area contributed by atoms with Gasteiger partial charge in [-0.3, -0.25) is 4.72 Å². The second-order valence-electron chi connectivity index (χ2n) is 4.40. The summed E-state index contributed by atoms with van der Waals surface area (Å²) in [5.74, 6) is -0.922. The first-order valence-electron chi connectivity index (χ1n) is 6.14. The number of carboxylic acid groups (broad SMARTS) is 1. The van der Waals surface area contributed by atoms with Crippen LogP contribution in [0.1, 0.15) is 10.4 Å². The van der Waals surface area contributed by atoms with Gasteiger partial charge in [-0.1, -0.05) is 23.2 Å². The van der Waals surface area contributed by atoms with Gasteiger partial charge < -0.3 is 9.84 Å². The first kappa shape index (κ1) is 17.4. The predicted molar refractivity (Wildman–Crippen MR) is 87.2 cm³/mol. The molecule has 0 radical (unpaired) electrons. The molecule has 0 aliphatic heterocycles. The minimum atomic E-state index is -3.99. The molecule has 2 aromatic rings. The van der Waals surface area contributed by atoms with Crippen LogP contribution in [-0.2, 0) is 10.0 Å². The maximum Gasteiger partial charge on any atom is 0.337 e. The van der Waals surface area contributed by atoms with Crippen LogP contribution in [0.5, 0.6) is 5.75 Å². The molecule has 2 N–H and O–H groups in total. The highest BCUT2D eigenvalue weighted by Gasteiger charge is 2.19. The van der Waals surface area contributed by atoms with Gasteiger partial charge in [-0.2, -0.15) is 0 Å². The minimum Gasteiger partial charge on any atom is -0.495 e. The third-order valence-electron chi connectivity index (χ3n) is 2.88. The highest BCUT2D eigenvalue weighted by Crippen LogP contribution is 2.29. The van der Waals surface area contributed by atoms with E-state index in [0.29, 0.717) is 5.75 Å². The van der Waals surface area contributed by atoms with E-state index in [2.05, 4.69) is 4.72 Å². The lowest BCUT2D eigenvalue weighted by molar-refractivity contribution is 0.0697. The van der Waals surface area contributed by atoms with Gasteiger partial charge >= 0.3 is 5.97 Å². The average molecular weight is 376 g/mol. The number of sulfonamides is 1. The average Bonchev–Trinajstić information content (AvgIpc) is 2.47. The number of halogens is 2. The largest absolute Gasteiger partial charge is 0.495 e. The molecule has 0 unspecified atom stereocenters. The second kappa shape index (κ2) is 6.66. The molecule has 0 atom stereocenters. The Kier molecular flexibility index (Phi) is 5.03. The van der Waals surface area contributed by atoms with Crippen molar-refractivity contribution in [3.8, 4) is 5.75 Å². The molecule has 0 saturated heterocycles. The summed E-state index contributed by atoms with van der Waals surface area (Å²) in [7, 11) is -2.56. The number of carbonyl (C=O) groups is 1. The van der Waals surface area contributed by atoms with Gasteiger partial charge in [0.15, 0.2) is 0 Å². The van der Waals surface area contributed by atoms with Gasteiger partial charge in [-0.15, -0.1) is 0 Å². The van der Waals surface area contributed by atoms with Crippen molar-refractivity contribution in [3.63, 3.8) is 0 Å². The summed E-state index contributed by atoms with van der Waals surface area (Å²) in [5, 5.41) is 9.19. The zero-order valence-electron chi connectivity index (χ0n) is 11.7. The van der Waals surface area contributed by atoms with E-state index >= 15 is 0 Å². The lowest BCUT2D eigenvalue weighted by Crippen LogP contribution is -2.14. The quantitative estimate of drug-likeness (QED) is 0.833. The van der Waals surface area contributed by atoms with E-state index in [9.17, 15) is 13.2 Å². The molecule has 0 amide bonds. The summed E-state index contributed by atoms with van der Waals surface area (Å²) in [6.07, 6.45) is 0. The lowest BCUT2D eigenvalue weighted by atomic mass is 10.2. The summed E-state index contributed by atoms with van der Waals surface area (Å²) in [6, 6.07) is 7.76. The number of carboxylic acids is 1. The van der Waals surface area contributed by atoms with E-state index in [4.69, 9.17) is 33.0 Å². The van der Waals surface area contributed by atoms with E-state index < -0.39 is 16.0 Å². The summed E-state index contributed by atoms with van der Waals surface area (Å²) < 4.78 is 32.0. The van der Waals surface area contributed by atoms with E-state index in [0.717, 1.165) is 6.07 Å². The summed E-state index contributed by atoms with van der Waals surface area (Å²) in [5.41, 5.74) is -0.0927. The van der Waals surface area contributed by atoms with Crippen molar-refractivity contribution in [1.29, 1.82) is 0 Å². The van der Waals surface area contributed by atoms with Crippen LogP contribution in [0.15, 0.2) is 41.3 Å². The third kappa shape index (κ3) is 3.87. The molecule has 0 aliphatic carbocycles. The van der Waals surface area contributed by atoms with Crippen molar-refractivity contribution in [2.75, 3.05) is 11.8 Å². The molecule has 2 rings (SSSR count). The van der Waals surface area contributed by atoms with E-state index in [1.54, 1.807) is 0 Å². The predicted octanol–water partition coefficient (Wildman–Crippen LogP) is 3.50. The molecule has 2 aromatic carbocycles. The van der Waals surface area contributed by atoms with Crippen LogP contribution >= 0.6 is 23.2 Å². The van der Waals surface area contributed by atoms with Gasteiger partial charge in [-0.05, 0) is 36.4 Å². The van der Waals surface area contributed by atoms with E-state index in [1.807, 2.05) is 0 Å². The van der Waals surface area contributed by atoms with Crippen molar-refractivity contribution in [2.45, 2.75) is 4.90 Å². The van der Waals surface area contributed by atoms with Crippen LogP contribution in [0, 0.1) is 0 Å². The Balaban J connectivity index is 2.37. The Hall–Kier alpha value is -1.96. The Labute approximate surface area is 142 Å². The number of methoxy groups -OCH3 is 1. The maximum atomic E-state index is 12.3. The van der Waals surface area contributed by atoms with Gasteiger partial charge in [-0.25, -0.2) is 13.2 Å². The molecule has 0 heterocycles. The maximum absolute atomic E-state index is 12.3. The molecular weight excluding hydrogens is 365 g/mol. The molecular formula is C14H11Cl2NO5S. The smallest absolute Gasteiger partial charge is 0.337 e. The fourth-order valence-corrected chi connectivity index (χ4v) is 3.31. The van der Waals surface area contributed by atoms with Crippen LogP contribution in [0.25, 0.3) is 0 Å². The van der Waals surface area contributed by atoms with Crippen molar-refractivity contribution in [2.24, 2.45) is 0 Å². The Morgan fingerprint density at radius 3 is 2.39 bits per heavy atom. The summed E-state index contributed by atoms with van der Waals surface area (Å²) in [4.78, 5) is 10.8. The van der Waals surface area contributed by atoms with Crippen LogP contribution < -0.4 is 9.46 Å². The summed E-state index contributed by atoms with van der Waals surface area (Å²) in [6.45, 7) is 0. The Morgan fingerprint density at radius 2 is 1.83 bits per heavy atom. The fourth-order valence-electron chi connectivity index (χ4n) is 1.78. The molecule has 23 heavy (non-hydrogen) atoms. The van der Waals surface area contributed by atoms with Gasteiger partial charge in [0, 0.05) is 0 Å². The van der Waals surface area contributed by atoms with E-state index in [1.165, 1.54) is 37.4 Å². The molecule has 0 spiro atoms. The van der Waals surface area contributed by atoms with Gasteiger partial charge in [0.25, 0.3) is 10.0 Å². The third-order valence-corrected chi connectivity index (χ3v) is 4.89. The number of nitrogens with one attached hydrogen (secondary N) is 1. The van der Waals surface area contributed by atoms with Crippen molar-refractivity contribution >= 4 is 44.9 Å². The number of ether oxygens (including phenoxy) is 1. The highest BCUT2D eigenvalue weighted by atomic mass is 35.5. The molecule has 9 heteroatoms. The summed E-state index contributed by atoms with van der Waals surface area (Å²) >= 11 is 11.7. The molecule has 0 saturated carbocycles. The fraction of sp³-hybridized carbons (Fsp3) is 0.0714. The molecule has 6 nitrogen and oxygen atoms in total. The SMILES string of the molecule is COc1ccc(NS(=O)(=O)c2ccc(Cl)c(C(=O)O)c2)cc1Cl. The first-order chi connectivity index (χ1) is 10.7. The molecule has 0 aromatic heterocycles. The zero-order valence-corrected chi connectivity index (χ0v) is 14.0. The monoisotopic (exact) mass is 375 g/mol. The van der Waals surface area contributed by atoms with Crippen LogP contribution in [0.2, 0.25) is 10.0 Å². The van der Waals surface area contributed by atoms with Crippen LogP contribution in [0.4, 0.5) is 5.69 Å². The number of hydrogen-bond donors (Lipinski definition) is 2. The standard InChI is InChI=1S/C14H11Cl2NO5S/c1-22-13-5-2-8(6-12(13)16)17-23(20,21)9-3-4-11(15)10(7-9)14(18)19/h2-7,17H,1H3,(H,18,19). The zero-order chi connectivity index (χ0) is 17.2. The van der Waals surface area contributed by atoms with Crippen molar-refractivity contribution < 1.29 is 23.1 Å². The number of hydrogen-bond acceptors (Lipinski definition) is 4. The number of benzene rings is 2. The number of rotatable bonds is 5. The Morgan fingerprint density at radius 1 is 1.13 bits per heavy atom. The van der Waals surface area contributed by atoms with Crippen molar-refractivity contribution in [3.05, 3.63) is 52.0 Å². The normalized spacial score (nSPS) is 11.1. The van der Waals surface area contributed by atoms with E-state index in [-0.39, 0.29) is 26.2 Å². The molecule has 0 fully saturated rings. The molecule has 0 bridgehead atoms. The van der Waals surface area contributed by atoms with Crippen molar-refractivity contribution in [1.82, 2.24) is 0 Å². The molecule has 122 valence electrons. The lowest BCUT2D eigenvalue weighted by Gasteiger charge is -2.11. The highest BCUT2D eigenvalue weighted by molar-refractivity contribution is 7.92. The van der Waals surface area contributed by atoms with Gasteiger partial charge in [0.1, 0.15) is 5.75 Å². The molecule has 0 aliphatic rings.